The van der Waals surface area contributed by atoms with Crippen LogP contribution in [-0.2, 0) is 19.4 Å². The molecule has 5 aromatic carbocycles. The molecule has 0 bridgehead atoms. The number of aryl methyl sites for hydroxylation is 1. The van der Waals surface area contributed by atoms with Crippen molar-refractivity contribution in [3.05, 3.63) is 173 Å². The Morgan fingerprint density at radius 1 is 0.788 bits per heavy atom. The van der Waals surface area contributed by atoms with Gasteiger partial charge in [0.1, 0.15) is 11.3 Å². The van der Waals surface area contributed by atoms with Crippen molar-refractivity contribution in [3.63, 3.8) is 0 Å². The van der Waals surface area contributed by atoms with E-state index in [1.165, 1.54) is 22.2 Å². The van der Waals surface area contributed by atoms with Gasteiger partial charge in [0.2, 0.25) is 0 Å². The minimum atomic E-state index is -0.0157. The van der Waals surface area contributed by atoms with Gasteiger partial charge in [-0.25, -0.2) is 0 Å². The van der Waals surface area contributed by atoms with Crippen LogP contribution < -0.4 is 26.1 Å². The van der Waals surface area contributed by atoms with E-state index in [-0.39, 0.29) is 6.04 Å². The van der Waals surface area contributed by atoms with Gasteiger partial charge in [-0.3, -0.25) is 0 Å². The lowest BCUT2D eigenvalue weighted by atomic mass is 9.92. The minimum Gasteiger partial charge on any atom is -0.456 e. The van der Waals surface area contributed by atoms with E-state index in [2.05, 4.69) is 162 Å². The summed E-state index contributed by atoms with van der Waals surface area (Å²) in [5, 5.41) is 3.45. The second kappa shape index (κ2) is 13.8. The first-order chi connectivity index (χ1) is 25.6. The van der Waals surface area contributed by atoms with E-state index in [9.17, 15) is 0 Å². The van der Waals surface area contributed by atoms with Crippen molar-refractivity contribution in [2.75, 3.05) is 22.6 Å². The van der Waals surface area contributed by atoms with E-state index in [0.717, 1.165) is 74.2 Å². The molecule has 0 amide bonds. The van der Waals surface area contributed by atoms with Gasteiger partial charge in [-0.15, -0.1) is 0 Å². The Hall–Kier alpha value is -6.20. The van der Waals surface area contributed by atoms with Gasteiger partial charge in [-0.2, -0.15) is 0 Å². The lowest BCUT2D eigenvalue weighted by Crippen LogP contribution is -2.38. The summed E-state index contributed by atoms with van der Waals surface area (Å²) in [4.78, 5) is 4.65. The van der Waals surface area contributed by atoms with Crippen molar-refractivity contribution in [3.8, 4) is 11.3 Å². The first-order valence-electron chi connectivity index (χ1n) is 18.3. The number of nitrogens with zero attached hydrogens (tertiary/aromatic N) is 3. The summed E-state index contributed by atoms with van der Waals surface area (Å²) >= 11 is 0. The second-order valence-corrected chi connectivity index (χ2v) is 13.3. The summed E-state index contributed by atoms with van der Waals surface area (Å²) < 4.78 is 9.33. The van der Waals surface area contributed by atoms with Crippen LogP contribution in [0.15, 0.2) is 144 Å². The molecule has 5 heteroatoms. The molecule has 1 atom stereocenters. The number of nitrogen functional groups attached to an aromatic ring is 1. The zero-order valence-corrected chi connectivity index (χ0v) is 30.1. The number of hydrogen-bond acceptors (Lipinski definition) is 4. The van der Waals surface area contributed by atoms with E-state index >= 15 is 0 Å². The number of hydrogen-bond donors (Lipinski definition) is 1. The van der Waals surface area contributed by atoms with E-state index in [1.807, 2.05) is 26.0 Å². The van der Waals surface area contributed by atoms with Crippen LogP contribution in [0.25, 0.3) is 40.1 Å². The zero-order chi connectivity index (χ0) is 35.8. The van der Waals surface area contributed by atoms with Crippen molar-refractivity contribution in [2.45, 2.75) is 39.3 Å². The highest BCUT2D eigenvalue weighted by atomic mass is 16.3. The predicted octanol–water partition coefficient (Wildman–Crippen LogP) is 9.87. The fraction of sp³-hybridized carbons (Fsp3) is 0.149. The maximum absolute atomic E-state index is 6.79. The highest BCUT2D eigenvalue weighted by Crippen LogP contribution is 2.41. The number of anilines is 4. The van der Waals surface area contributed by atoms with Crippen molar-refractivity contribution in [1.82, 2.24) is 4.57 Å². The summed E-state index contributed by atoms with van der Waals surface area (Å²) in [6, 6.07) is 46.5. The number of furan rings is 1. The van der Waals surface area contributed by atoms with Crippen molar-refractivity contribution < 1.29 is 4.42 Å². The second-order valence-electron chi connectivity index (χ2n) is 13.3. The van der Waals surface area contributed by atoms with E-state index in [0.29, 0.717) is 6.54 Å². The maximum Gasteiger partial charge on any atom is 0.141 e. The summed E-state index contributed by atoms with van der Waals surface area (Å²) in [6.07, 6.45) is 6.40. The molecule has 52 heavy (non-hydrogen) atoms. The Morgan fingerprint density at radius 2 is 1.46 bits per heavy atom. The first-order valence-corrected chi connectivity index (χ1v) is 18.3. The van der Waals surface area contributed by atoms with Crippen LogP contribution in [0.4, 0.5) is 22.7 Å². The molecule has 2 N–H and O–H groups in total. The molecule has 2 aromatic heterocycles. The van der Waals surface area contributed by atoms with Crippen molar-refractivity contribution >= 4 is 51.6 Å². The smallest absolute Gasteiger partial charge is 0.141 e. The number of para-hydroxylation sites is 5. The summed E-state index contributed by atoms with van der Waals surface area (Å²) in [5.74, 6) is 0.969. The lowest BCUT2D eigenvalue weighted by molar-refractivity contribution is 0.525. The van der Waals surface area contributed by atoms with Gasteiger partial charge in [-0.1, -0.05) is 117 Å². The molecule has 258 valence electrons. The molecule has 1 unspecified atom stereocenters. The highest BCUT2D eigenvalue weighted by Gasteiger charge is 2.31. The van der Waals surface area contributed by atoms with Gasteiger partial charge in [-0.05, 0) is 66.5 Å². The van der Waals surface area contributed by atoms with Crippen LogP contribution in [0, 0.1) is 0 Å². The zero-order valence-electron chi connectivity index (χ0n) is 30.1. The molecule has 2 aliphatic rings. The van der Waals surface area contributed by atoms with Crippen LogP contribution in [0.1, 0.15) is 42.3 Å². The molecule has 5 nitrogen and oxygen atoms in total. The maximum atomic E-state index is 6.79. The molecule has 0 fully saturated rings. The van der Waals surface area contributed by atoms with Crippen molar-refractivity contribution in [1.29, 1.82) is 0 Å². The van der Waals surface area contributed by atoms with Crippen LogP contribution in [0.3, 0.4) is 0 Å². The molecule has 3 heterocycles. The quantitative estimate of drug-likeness (QED) is 0.178. The van der Waals surface area contributed by atoms with Gasteiger partial charge >= 0.3 is 0 Å². The Labute approximate surface area is 305 Å². The van der Waals surface area contributed by atoms with Gasteiger partial charge in [0.25, 0.3) is 0 Å². The summed E-state index contributed by atoms with van der Waals surface area (Å²) in [5.41, 5.74) is 18.5. The molecule has 0 radical (unpaired) electrons. The molecule has 9 rings (SSSR count). The Morgan fingerprint density at radius 3 is 2.25 bits per heavy atom. The summed E-state index contributed by atoms with van der Waals surface area (Å²) in [6.45, 7) is 9.37. The molecular formula is C47H44N4O. The number of fused-ring (bicyclic) bond motifs is 8. The molecule has 1 aliphatic heterocycles. The average molecular weight is 681 g/mol. The van der Waals surface area contributed by atoms with Gasteiger partial charge in [0.05, 0.1) is 28.5 Å². The first kappa shape index (κ1) is 33.0. The fourth-order valence-electron chi connectivity index (χ4n) is 7.99. The average Bonchev–Trinajstić information content (AvgIpc) is 3.71. The van der Waals surface area contributed by atoms with Crippen LogP contribution in [0.5, 0.6) is 0 Å². The number of rotatable bonds is 6. The molecule has 0 saturated heterocycles. The highest BCUT2D eigenvalue weighted by molar-refractivity contribution is 5.98. The molecule has 0 saturated carbocycles. The predicted molar refractivity (Wildman–Crippen MR) is 219 cm³/mol. The standard InChI is InChI=1S/C45H38N4O.C2H6/c1-30-27-36-42(29-48(32-17-7-4-8-18-32)38-22-12-9-19-33(30)38)49(40-26-25-35-34-20-10-14-24-43(34)50-45(35)44(36)40)28-41(31-15-5-3-6-16-31)47(2)39-23-13-11-21-37(39)46;1-2/h3-24,27,29,41H,1,25-26,28,46H2,2H3;1-2H3/b36-27+,42-29+;. The number of aromatic nitrogens is 1. The van der Waals surface area contributed by atoms with Gasteiger partial charge in [0.15, 0.2) is 0 Å². The number of nitrogens with two attached hydrogens (primary N) is 1. The minimum absolute atomic E-state index is 0.0157. The topological polar surface area (TPSA) is 50.6 Å². The third kappa shape index (κ3) is 5.59. The lowest BCUT2D eigenvalue weighted by Gasteiger charge is -2.33. The molecule has 7 aromatic rings. The number of likely N-dealkylation sites (N-methyl/N-ethyl adjacent to an activating group) is 1. The largest absolute Gasteiger partial charge is 0.456 e. The van der Waals surface area contributed by atoms with E-state index in [1.54, 1.807) is 0 Å². The van der Waals surface area contributed by atoms with Crippen LogP contribution >= 0.6 is 0 Å². The van der Waals surface area contributed by atoms with Crippen LogP contribution in [-0.4, -0.2) is 11.6 Å². The van der Waals surface area contributed by atoms with E-state index < -0.39 is 0 Å². The Balaban J connectivity index is 0.00000190. The Kier molecular flexibility index (Phi) is 8.78. The molecular weight excluding hydrogens is 637 g/mol. The van der Waals surface area contributed by atoms with Crippen LogP contribution in [0.2, 0.25) is 0 Å². The number of benzene rings is 5. The SMILES string of the molecule is C=C1/C=c2/c3c(n(CC(c4ccccc4)N(C)c4ccccc4N)/c2=C/N(c2ccccc2)c2ccccc21)CCc1c-3oc2ccccc12.CC. The summed E-state index contributed by atoms with van der Waals surface area (Å²) in [7, 11) is 2.16. The molecule has 0 spiro atoms. The number of allylic oxidation sites excluding steroid dienone is 1. The van der Waals surface area contributed by atoms with E-state index in [4.69, 9.17) is 10.2 Å². The fourth-order valence-corrected chi connectivity index (χ4v) is 7.99. The Bertz CT molecular complexity index is 2530. The third-order valence-corrected chi connectivity index (χ3v) is 10.4. The third-order valence-electron chi connectivity index (χ3n) is 10.4. The monoisotopic (exact) mass is 680 g/mol. The van der Waals surface area contributed by atoms with Crippen molar-refractivity contribution in [2.24, 2.45) is 0 Å². The van der Waals surface area contributed by atoms with Gasteiger partial charge < -0.3 is 24.5 Å². The normalized spacial score (nSPS) is 14.8. The van der Waals surface area contributed by atoms with Gasteiger partial charge in [0, 0.05) is 58.5 Å². The molecule has 1 aliphatic carbocycles.